The summed E-state index contributed by atoms with van der Waals surface area (Å²) >= 11 is 3.54. The van der Waals surface area contributed by atoms with Gasteiger partial charge < -0.3 is 5.73 Å². The van der Waals surface area contributed by atoms with Crippen LogP contribution in [-0.2, 0) is 4.79 Å². The zero-order valence-corrected chi connectivity index (χ0v) is 8.28. The Bertz CT molecular complexity index is 48.8. The second-order valence-electron chi connectivity index (χ2n) is 0.624. The van der Waals surface area contributed by atoms with Gasteiger partial charge in [0.2, 0.25) is 5.91 Å². The number of hydrogen-bond donors (Lipinski definition) is 2. The van der Waals surface area contributed by atoms with Gasteiger partial charge in [0.05, 0.1) is 5.75 Å². The Hall–Kier alpha value is 0.638. The summed E-state index contributed by atoms with van der Waals surface area (Å²) in [5.41, 5.74) is 4.58. The Morgan fingerprint density at radius 2 is 2.00 bits per heavy atom. The Morgan fingerprint density at radius 3 is 2.00 bits per heavy atom. The molecule has 4 heteroatoms. The fourth-order valence-corrected chi connectivity index (χ4v) is 0. The van der Waals surface area contributed by atoms with E-state index in [1.165, 1.54) is 0 Å². The molecule has 0 rings (SSSR count). The summed E-state index contributed by atoms with van der Waals surface area (Å²) < 4.78 is 0. The van der Waals surface area contributed by atoms with Gasteiger partial charge in [-0.2, -0.15) is 12.6 Å². The number of hydrogen-bond acceptors (Lipinski definition) is 2. The first-order valence-corrected chi connectivity index (χ1v) is 1.80. The van der Waals surface area contributed by atoms with Gasteiger partial charge >= 0.3 is 24.4 Å². The molecule has 0 atom stereocenters. The van der Waals surface area contributed by atoms with Gasteiger partial charge in [0.25, 0.3) is 0 Å². The summed E-state index contributed by atoms with van der Waals surface area (Å²) in [5.74, 6) is -0.242. The van der Waals surface area contributed by atoms with Crippen LogP contribution in [0.3, 0.4) is 0 Å². The second-order valence-corrected chi connectivity index (χ2v) is 0.941. The number of carbonyl (C=O) groups excluding carboxylic acids is 1. The van der Waals surface area contributed by atoms with Gasteiger partial charge in [0.1, 0.15) is 0 Å². The molecule has 38 valence electrons. The van der Waals surface area contributed by atoms with Crippen LogP contribution in [0.2, 0.25) is 0 Å². The molecule has 0 aromatic heterocycles. The number of primary amides is 1. The first kappa shape index (κ1) is 9.81. The first-order chi connectivity index (χ1) is 2.27. The van der Waals surface area contributed by atoms with E-state index in [-0.39, 0.29) is 36.1 Å². The van der Waals surface area contributed by atoms with E-state index in [1.54, 1.807) is 0 Å². The Balaban J connectivity index is 0. The molecule has 6 heavy (non-hydrogen) atoms. The average molecular weight is 216 g/mol. The number of rotatable bonds is 1. The third kappa shape index (κ3) is 8.82. The van der Waals surface area contributed by atoms with Gasteiger partial charge in [0, 0.05) is 0 Å². The Labute approximate surface area is 59.3 Å². The summed E-state index contributed by atoms with van der Waals surface area (Å²) in [6.07, 6.45) is 0. The van der Waals surface area contributed by atoms with Crippen molar-refractivity contribution < 1.29 is 4.79 Å². The van der Waals surface area contributed by atoms with Crippen molar-refractivity contribution in [2.24, 2.45) is 5.73 Å². The minimum absolute atomic E-state index is 0. The van der Waals surface area contributed by atoms with E-state index < -0.39 is 0 Å². The Morgan fingerprint density at radius 1 is 1.83 bits per heavy atom. The molecular formula is C2H8NOSSb. The molecule has 0 fully saturated rings. The molecule has 0 spiro atoms. The summed E-state index contributed by atoms with van der Waals surface area (Å²) in [4.78, 5) is 9.51. The van der Waals surface area contributed by atoms with E-state index in [9.17, 15) is 4.79 Å². The number of thiol groups is 1. The third-order valence-corrected chi connectivity index (χ3v) is 0.468. The summed E-state index contributed by atoms with van der Waals surface area (Å²) in [5, 5.41) is 0. The topological polar surface area (TPSA) is 43.1 Å². The van der Waals surface area contributed by atoms with Gasteiger partial charge in [-0.15, -0.1) is 0 Å². The summed E-state index contributed by atoms with van der Waals surface area (Å²) in [7, 11) is 0. The van der Waals surface area contributed by atoms with Crippen LogP contribution in [0.4, 0.5) is 0 Å². The molecule has 1 amide bonds. The van der Waals surface area contributed by atoms with Crippen molar-refractivity contribution in [1.29, 1.82) is 0 Å². The van der Waals surface area contributed by atoms with Crippen molar-refractivity contribution in [1.82, 2.24) is 0 Å². The predicted molar refractivity (Wildman–Crippen MR) is 33.0 cm³/mol. The SMILES string of the molecule is NC(=O)CS.[SbH3]. The molecular weight excluding hydrogens is 208 g/mol. The normalized spacial score (nSPS) is 6.17. The average Bonchev–Trinajstić information content (AvgIpc) is 1.38. The molecule has 0 heterocycles. The maximum atomic E-state index is 9.51. The number of nitrogens with two attached hydrogens (primary N) is 1. The summed E-state index contributed by atoms with van der Waals surface area (Å²) in [6, 6.07) is 0. The van der Waals surface area contributed by atoms with E-state index in [1.807, 2.05) is 0 Å². The van der Waals surface area contributed by atoms with Gasteiger partial charge in [-0.3, -0.25) is 4.79 Å². The molecule has 0 saturated heterocycles. The Kier molecular flexibility index (Phi) is 9.22. The van der Waals surface area contributed by atoms with Gasteiger partial charge in [-0.25, -0.2) is 0 Å². The fourth-order valence-electron chi connectivity index (χ4n) is 0. The molecule has 0 unspecified atom stereocenters. The van der Waals surface area contributed by atoms with E-state index in [0.29, 0.717) is 0 Å². The standard InChI is InChI=1S/C2H5NOS.Sb.3H/c3-2(4)1-5;;;;/h5H,1H2,(H2,3,4);;;;. The zero-order valence-electron chi connectivity index (χ0n) is 3.35. The molecule has 0 saturated carbocycles. The fraction of sp³-hybridized carbons (Fsp3) is 0.500. The third-order valence-electron chi connectivity index (χ3n) is 0.156. The van der Waals surface area contributed by atoms with Crippen molar-refractivity contribution >= 4 is 43.0 Å². The van der Waals surface area contributed by atoms with Gasteiger partial charge in [-0.1, -0.05) is 0 Å². The molecule has 0 radical (unpaired) electrons. The van der Waals surface area contributed by atoms with Crippen molar-refractivity contribution in [2.75, 3.05) is 5.75 Å². The quantitative estimate of drug-likeness (QED) is 0.394. The molecule has 0 aromatic rings. The van der Waals surface area contributed by atoms with E-state index in [0.717, 1.165) is 0 Å². The maximum absolute atomic E-state index is 9.51. The van der Waals surface area contributed by atoms with E-state index in [4.69, 9.17) is 0 Å². The summed E-state index contributed by atoms with van der Waals surface area (Å²) in [6.45, 7) is 0. The molecule has 0 aliphatic carbocycles. The van der Waals surface area contributed by atoms with Crippen molar-refractivity contribution in [3.05, 3.63) is 0 Å². The molecule has 0 aliphatic rings. The molecule has 2 N–H and O–H groups in total. The van der Waals surface area contributed by atoms with Crippen LogP contribution < -0.4 is 5.73 Å². The molecule has 0 bridgehead atoms. The van der Waals surface area contributed by atoms with Crippen molar-refractivity contribution in [2.45, 2.75) is 0 Å². The van der Waals surface area contributed by atoms with Gasteiger partial charge in [0.15, 0.2) is 0 Å². The zero-order chi connectivity index (χ0) is 4.28. The van der Waals surface area contributed by atoms with Crippen LogP contribution in [0.1, 0.15) is 0 Å². The van der Waals surface area contributed by atoms with Crippen molar-refractivity contribution in [3.63, 3.8) is 0 Å². The van der Waals surface area contributed by atoms with E-state index >= 15 is 0 Å². The van der Waals surface area contributed by atoms with Crippen LogP contribution in [0.15, 0.2) is 0 Å². The van der Waals surface area contributed by atoms with Crippen LogP contribution in [0, 0.1) is 0 Å². The van der Waals surface area contributed by atoms with Crippen LogP contribution in [-0.4, -0.2) is 36.1 Å². The van der Waals surface area contributed by atoms with Crippen LogP contribution in [0.25, 0.3) is 0 Å². The number of carbonyl (C=O) groups is 1. The first-order valence-electron chi connectivity index (χ1n) is 1.16. The van der Waals surface area contributed by atoms with Crippen LogP contribution >= 0.6 is 12.6 Å². The molecule has 0 aromatic carbocycles. The second kappa shape index (κ2) is 5.64. The molecule has 0 aliphatic heterocycles. The number of amides is 1. The van der Waals surface area contributed by atoms with Crippen molar-refractivity contribution in [3.8, 4) is 0 Å². The molecule has 2 nitrogen and oxygen atoms in total. The predicted octanol–water partition coefficient (Wildman–Crippen LogP) is -1.78. The van der Waals surface area contributed by atoms with E-state index in [2.05, 4.69) is 18.4 Å². The monoisotopic (exact) mass is 215 g/mol. The minimum atomic E-state index is -0.381. The van der Waals surface area contributed by atoms with Gasteiger partial charge in [-0.05, 0) is 0 Å². The van der Waals surface area contributed by atoms with Crippen LogP contribution in [0.5, 0.6) is 0 Å².